The molecule has 0 saturated heterocycles. The normalized spacial score (nSPS) is 10.8. The summed E-state index contributed by atoms with van der Waals surface area (Å²) >= 11 is 0. The Balaban J connectivity index is 0.00000400. The summed E-state index contributed by atoms with van der Waals surface area (Å²) in [5, 5.41) is 3.33. The van der Waals surface area contributed by atoms with E-state index in [-0.39, 0.29) is 24.0 Å². The fourth-order valence-corrected chi connectivity index (χ4v) is 1.96. The van der Waals surface area contributed by atoms with E-state index in [9.17, 15) is 0 Å². The van der Waals surface area contributed by atoms with Crippen LogP contribution in [0.5, 0.6) is 5.75 Å². The van der Waals surface area contributed by atoms with Crippen molar-refractivity contribution in [3.05, 3.63) is 29.8 Å². The van der Waals surface area contributed by atoms with Crippen molar-refractivity contribution in [2.75, 3.05) is 27.2 Å². The zero-order chi connectivity index (χ0) is 14.8. The Morgan fingerprint density at radius 1 is 1.29 bits per heavy atom. The Bertz CT molecular complexity index is 424. The second kappa shape index (κ2) is 11.7. The quantitative estimate of drug-likeness (QED) is 0.429. The molecule has 0 unspecified atom stereocenters. The van der Waals surface area contributed by atoms with E-state index in [1.807, 2.05) is 18.2 Å². The topological polar surface area (TPSA) is 36.9 Å². The van der Waals surface area contributed by atoms with E-state index < -0.39 is 0 Å². The van der Waals surface area contributed by atoms with Gasteiger partial charge in [-0.1, -0.05) is 31.5 Å². The lowest BCUT2D eigenvalue weighted by atomic mass is 10.2. The van der Waals surface area contributed by atoms with Crippen molar-refractivity contribution in [3.8, 4) is 5.75 Å². The van der Waals surface area contributed by atoms with Gasteiger partial charge in [0.25, 0.3) is 0 Å². The number of nitrogens with one attached hydrogen (secondary N) is 1. The van der Waals surface area contributed by atoms with Gasteiger partial charge in [-0.05, 0) is 19.4 Å². The van der Waals surface area contributed by atoms with Crippen LogP contribution in [-0.4, -0.2) is 38.1 Å². The number of hydrogen-bond donors (Lipinski definition) is 1. The molecule has 0 atom stereocenters. The van der Waals surface area contributed by atoms with E-state index in [0.717, 1.165) is 30.4 Å². The van der Waals surface area contributed by atoms with Crippen molar-refractivity contribution in [3.63, 3.8) is 0 Å². The van der Waals surface area contributed by atoms with E-state index in [2.05, 4.69) is 37.2 Å². The lowest BCUT2D eigenvalue weighted by Gasteiger charge is -2.21. The highest BCUT2D eigenvalue weighted by Gasteiger charge is 2.06. The number of aliphatic imine (C=N–C) groups is 1. The number of hydrogen-bond acceptors (Lipinski definition) is 2. The number of methoxy groups -OCH3 is 1. The van der Waals surface area contributed by atoms with Gasteiger partial charge in [0, 0.05) is 25.7 Å². The molecule has 1 aromatic rings. The molecule has 0 fully saturated rings. The molecule has 5 heteroatoms. The SMILES string of the molecule is CCCCN(C)C(=NCc1ccccc1OC)NCC.I. The summed E-state index contributed by atoms with van der Waals surface area (Å²) in [6.07, 6.45) is 2.37. The Morgan fingerprint density at radius 2 is 2.00 bits per heavy atom. The molecule has 0 aliphatic carbocycles. The Kier molecular flexibility index (Phi) is 11.1. The lowest BCUT2D eigenvalue weighted by molar-refractivity contribution is 0.409. The molecule has 21 heavy (non-hydrogen) atoms. The molecule has 0 aliphatic rings. The average molecular weight is 405 g/mol. The number of halogens is 1. The van der Waals surface area contributed by atoms with Crippen LogP contribution in [0.15, 0.2) is 29.3 Å². The van der Waals surface area contributed by atoms with Crippen LogP contribution in [0.2, 0.25) is 0 Å². The van der Waals surface area contributed by atoms with Crippen LogP contribution < -0.4 is 10.1 Å². The van der Waals surface area contributed by atoms with Crippen molar-refractivity contribution in [1.29, 1.82) is 0 Å². The van der Waals surface area contributed by atoms with Gasteiger partial charge in [-0.25, -0.2) is 4.99 Å². The van der Waals surface area contributed by atoms with Crippen molar-refractivity contribution in [2.45, 2.75) is 33.2 Å². The molecule has 0 amide bonds. The van der Waals surface area contributed by atoms with Crippen LogP contribution in [0.1, 0.15) is 32.3 Å². The Morgan fingerprint density at radius 3 is 2.62 bits per heavy atom. The molecule has 0 spiro atoms. The number of benzene rings is 1. The maximum absolute atomic E-state index is 5.36. The third kappa shape index (κ3) is 7.02. The van der Waals surface area contributed by atoms with Crippen molar-refractivity contribution in [1.82, 2.24) is 10.2 Å². The number of rotatable bonds is 7. The molecule has 0 radical (unpaired) electrons. The summed E-state index contributed by atoms with van der Waals surface area (Å²) in [7, 11) is 3.78. The largest absolute Gasteiger partial charge is 0.496 e. The predicted octanol–water partition coefficient (Wildman–Crippen LogP) is 3.51. The monoisotopic (exact) mass is 405 g/mol. The van der Waals surface area contributed by atoms with Crippen LogP contribution >= 0.6 is 24.0 Å². The first-order valence-electron chi connectivity index (χ1n) is 7.34. The zero-order valence-corrected chi connectivity index (χ0v) is 15.9. The van der Waals surface area contributed by atoms with E-state index in [0.29, 0.717) is 6.54 Å². The van der Waals surface area contributed by atoms with Crippen LogP contribution in [0, 0.1) is 0 Å². The summed E-state index contributed by atoms with van der Waals surface area (Å²) in [5.74, 6) is 1.84. The van der Waals surface area contributed by atoms with Gasteiger partial charge in [-0.15, -0.1) is 24.0 Å². The summed E-state index contributed by atoms with van der Waals surface area (Å²) in [4.78, 5) is 6.88. The molecule has 0 aliphatic heterocycles. The molecule has 0 saturated carbocycles. The Hall–Kier alpha value is -0.980. The second-order valence-electron chi connectivity index (χ2n) is 4.76. The van der Waals surface area contributed by atoms with Gasteiger partial charge in [-0.3, -0.25) is 0 Å². The molecule has 1 rings (SSSR count). The van der Waals surface area contributed by atoms with E-state index in [1.165, 1.54) is 12.8 Å². The number of guanidine groups is 1. The second-order valence-corrected chi connectivity index (χ2v) is 4.76. The van der Waals surface area contributed by atoms with Gasteiger partial charge in [0.2, 0.25) is 0 Å². The molecular formula is C16H28IN3O. The summed E-state index contributed by atoms with van der Waals surface area (Å²) < 4.78 is 5.36. The van der Waals surface area contributed by atoms with E-state index in [4.69, 9.17) is 9.73 Å². The van der Waals surface area contributed by atoms with Gasteiger partial charge < -0.3 is 15.0 Å². The minimum absolute atomic E-state index is 0. The first kappa shape index (κ1) is 20.0. The van der Waals surface area contributed by atoms with Crippen molar-refractivity contribution in [2.24, 2.45) is 4.99 Å². The maximum atomic E-state index is 5.36. The highest BCUT2D eigenvalue weighted by atomic mass is 127. The van der Waals surface area contributed by atoms with E-state index in [1.54, 1.807) is 7.11 Å². The fourth-order valence-electron chi connectivity index (χ4n) is 1.96. The number of ether oxygens (including phenoxy) is 1. The molecule has 120 valence electrons. The van der Waals surface area contributed by atoms with Gasteiger partial charge >= 0.3 is 0 Å². The first-order chi connectivity index (χ1) is 9.72. The number of unbranched alkanes of at least 4 members (excludes halogenated alkanes) is 1. The van der Waals surface area contributed by atoms with Crippen LogP contribution in [-0.2, 0) is 6.54 Å². The summed E-state index contributed by atoms with van der Waals surface area (Å²) in [6, 6.07) is 8.02. The minimum Gasteiger partial charge on any atom is -0.496 e. The zero-order valence-electron chi connectivity index (χ0n) is 13.6. The molecule has 1 aromatic carbocycles. The summed E-state index contributed by atoms with van der Waals surface area (Å²) in [5.41, 5.74) is 1.11. The van der Waals surface area contributed by atoms with Crippen LogP contribution in [0.4, 0.5) is 0 Å². The molecule has 1 N–H and O–H groups in total. The standard InChI is InChI=1S/C16H27N3O.HI/c1-5-7-12-19(3)16(17-6-2)18-13-14-10-8-9-11-15(14)20-4;/h8-11H,5-7,12-13H2,1-4H3,(H,17,18);1H. The molecule has 0 aromatic heterocycles. The van der Waals surface area contributed by atoms with Crippen LogP contribution in [0.3, 0.4) is 0 Å². The minimum atomic E-state index is 0. The first-order valence-corrected chi connectivity index (χ1v) is 7.34. The number of para-hydroxylation sites is 1. The highest BCUT2D eigenvalue weighted by Crippen LogP contribution is 2.18. The Labute approximate surface area is 146 Å². The predicted molar refractivity (Wildman–Crippen MR) is 101 cm³/mol. The van der Waals surface area contributed by atoms with Gasteiger partial charge in [0.1, 0.15) is 5.75 Å². The van der Waals surface area contributed by atoms with Gasteiger partial charge in [0.05, 0.1) is 13.7 Å². The van der Waals surface area contributed by atoms with Crippen molar-refractivity contribution >= 4 is 29.9 Å². The van der Waals surface area contributed by atoms with E-state index >= 15 is 0 Å². The number of nitrogens with zero attached hydrogens (tertiary/aromatic N) is 2. The van der Waals surface area contributed by atoms with Crippen LogP contribution in [0.25, 0.3) is 0 Å². The third-order valence-electron chi connectivity index (χ3n) is 3.14. The van der Waals surface area contributed by atoms with Gasteiger partial charge in [0.15, 0.2) is 5.96 Å². The molecular weight excluding hydrogens is 377 g/mol. The lowest BCUT2D eigenvalue weighted by Crippen LogP contribution is -2.39. The maximum Gasteiger partial charge on any atom is 0.193 e. The van der Waals surface area contributed by atoms with Gasteiger partial charge in [-0.2, -0.15) is 0 Å². The third-order valence-corrected chi connectivity index (χ3v) is 3.14. The molecule has 0 heterocycles. The smallest absolute Gasteiger partial charge is 0.193 e. The average Bonchev–Trinajstić information content (AvgIpc) is 2.49. The highest BCUT2D eigenvalue weighted by molar-refractivity contribution is 14.0. The van der Waals surface area contributed by atoms with Crippen molar-refractivity contribution < 1.29 is 4.74 Å². The molecule has 4 nitrogen and oxygen atoms in total. The fraction of sp³-hybridized carbons (Fsp3) is 0.562. The summed E-state index contributed by atoms with van der Waals surface area (Å²) in [6.45, 7) is 6.82. The molecule has 0 bridgehead atoms.